The van der Waals surface area contributed by atoms with Gasteiger partial charge in [-0.3, -0.25) is 9.97 Å². The van der Waals surface area contributed by atoms with Gasteiger partial charge in [0.2, 0.25) is 0 Å². The first-order valence-electron chi connectivity index (χ1n) is 12.8. The summed E-state index contributed by atoms with van der Waals surface area (Å²) >= 11 is 0. The van der Waals surface area contributed by atoms with Crippen molar-refractivity contribution in [2.75, 3.05) is 36.5 Å². The second-order valence-corrected chi connectivity index (χ2v) is 9.46. The zero-order chi connectivity index (χ0) is 27.6. The Morgan fingerprint density at radius 3 is 2.50 bits per heavy atom. The zero-order valence-electron chi connectivity index (χ0n) is 21.7. The van der Waals surface area contributed by atoms with Gasteiger partial charge in [0.05, 0.1) is 76.1 Å². The SMILES string of the molecule is Cc1c(-c2ccccn2)nc2cc(F)cc(F)c2c1Nc1cc(N2CCOCC2)cnc1-c1ccc(C#N)cc1. The number of nitrogens with one attached hydrogen (secondary N) is 1. The quantitative estimate of drug-likeness (QED) is 0.279. The minimum absolute atomic E-state index is 0.168. The van der Waals surface area contributed by atoms with Crippen molar-refractivity contribution in [3.8, 4) is 28.7 Å². The fourth-order valence-electron chi connectivity index (χ4n) is 4.93. The van der Waals surface area contributed by atoms with E-state index in [2.05, 4.69) is 26.3 Å². The molecule has 7 nitrogen and oxygen atoms in total. The summed E-state index contributed by atoms with van der Waals surface area (Å²) < 4.78 is 35.2. The number of benzene rings is 2. The number of rotatable bonds is 5. The second-order valence-electron chi connectivity index (χ2n) is 9.46. The molecule has 2 aromatic carbocycles. The molecule has 9 heteroatoms. The number of fused-ring (bicyclic) bond motifs is 1. The standard InChI is InChI=1S/C31H24F2N6O/c1-19-29(25-4-2-3-9-35-25)37-26-15-22(32)14-24(33)28(26)30(19)38-27-16-23(39-10-12-40-13-11-39)18-36-31(27)21-7-5-20(17-34)6-8-21/h2-9,14-16,18H,10-13H2,1H3,(H,37,38). The highest BCUT2D eigenvalue weighted by Crippen LogP contribution is 2.39. The van der Waals surface area contributed by atoms with E-state index in [0.29, 0.717) is 65.9 Å². The minimum Gasteiger partial charge on any atom is -0.378 e. The Hall–Kier alpha value is -4.94. The maximum atomic E-state index is 15.4. The molecule has 0 bridgehead atoms. The highest BCUT2D eigenvalue weighted by molar-refractivity contribution is 5.99. The molecular weight excluding hydrogens is 510 g/mol. The number of pyridine rings is 3. The third-order valence-electron chi connectivity index (χ3n) is 6.95. The molecule has 1 fully saturated rings. The number of aromatic nitrogens is 3. The van der Waals surface area contributed by atoms with Crippen molar-refractivity contribution in [3.05, 3.63) is 95.8 Å². The van der Waals surface area contributed by atoms with E-state index in [1.165, 1.54) is 6.07 Å². The summed E-state index contributed by atoms with van der Waals surface area (Å²) in [5, 5.41) is 12.9. The third kappa shape index (κ3) is 4.81. The molecule has 198 valence electrons. The summed E-state index contributed by atoms with van der Waals surface area (Å²) in [6.07, 6.45) is 3.45. The van der Waals surface area contributed by atoms with Gasteiger partial charge in [0.1, 0.15) is 11.6 Å². The summed E-state index contributed by atoms with van der Waals surface area (Å²) in [6, 6.07) is 18.7. The van der Waals surface area contributed by atoms with Gasteiger partial charge in [-0.05, 0) is 37.3 Å². The number of ether oxygens (including phenoxy) is 1. The smallest absolute Gasteiger partial charge is 0.137 e. The lowest BCUT2D eigenvalue weighted by Gasteiger charge is -2.29. The first-order chi connectivity index (χ1) is 19.5. The number of hydrogen-bond donors (Lipinski definition) is 1. The number of halogens is 2. The molecule has 1 saturated heterocycles. The highest BCUT2D eigenvalue weighted by Gasteiger charge is 2.21. The van der Waals surface area contributed by atoms with Gasteiger partial charge in [-0.1, -0.05) is 18.2 Å². The normalized spacial score (nSPS) is 13.3. The fraction of sp³-hybridized carbons (Fsp3) is 0.161. The van der Waals surface area contributed by atoms with Crippen molar-refractivity contribution in [2.24, 2.45) is 0 Å². The lowest BCUT2D eigenvalue weighted by Crippen LogP contribution is -2.36. The first kappa shape index (κ1) is 25.3. The Morgan fingerprint density at radius 1 is 0.975 bits per heavy atom. The van der Waals surface area contributed by atoms with Crippen LogP contribution in [-0.4, -0.2) is 41.3 Å². The van der Waals surface area contributed by atoms with E-state index in [1.807, 2.05) is 37.3 Å². The molecule has 1 aliphatic heterocycles. The molecule has 6 rings (SSSR count). The molecule has 0 spiro atoms. The molecule has 0 amide bonds. The van der Waals surface area contributed by atoms with Crippen LogP contribution in [0.25, 0.3) is 33.5 Å². The zero-order valence-corrected chi connectivity index (χ0v) is 21.7. The van der Waals surface area contributed by atoms with Crippen LogP contribution in [0, 0.1) is 29.9 Å². The Labute approximate surface area is 229 Å². The first-order valence-corrected chi connectivity index (χ1v) is 12.8. The van der Waals surface area contributed by atoms with Crippen molar-refractivity contribution in [1.82, 2.24) is 15.0 Å². The number of anilines is 3. The summed E-state index contributed by atoms with van der Waals surface area (Å²) in [4.78, 5) is 16.0. The molecule has 40 heavy (non-hydrogen) atoms. The molecule has 0 radical (unpaired) electrons. The Bertz CT molecular complexity index is 1750. The van der Waals surface area contributed by atoms with Crippen molar-refractivity contribution >= 4 is 28.0 Å². The van der Waals surface area contributed by atoms with Crippen LogP contribution < -0.4 is 10.2 Å². The second kappa shape index (κ2) is 10.7. The van der Waals surface area contributed by atoms with E-state index in [4.69, 9.17) is 9.72 Å². The molecule has 0 saturated carbocycles. The predicted molar refractivity (Wildman–Crippen MR) is 150 cm³/mol. The Balaban J connectivity index is 1.56. The van der Waals surface area contributed by atoms with E-state index in [0.717, 1.165) is 17.3 Å². The summed E-state index contributed by atoms with van der Waals surface area (Å²) in [5.74, 6) is -1.44. The molecular formula is C31H24F2N6O. The summed E-state index contributed by atoms with van der Waals surface area (Å²) in [6.45, 7) is 4.48. The van der Waals surface area contributed by atoms with Crippen LogP contribution in [0.2, 0.25) is 0 Å². The van der Waals surface area contributed by atoms with Gasteiger partial charge in [0, 0.05) is 42.5 Å². The van der Waals surface area contributed by atoms with Crippen molar-refractivity contribution in [2.45, 2.75) is 6.92 Å². The van der Waals surface area contributed by atoms with E-state index in [-0.39, 0.29) is 10.9 Å². The summed E-state index contributed by atoms with van der Waals surface area (Å²) in [5.41, 5.74) is 5.80. The number of morpholine rings is 1. The van der Waals surface area contributed by atoms with Crippen LogP contribution in [0.4, 0.5) is 25.8 Å². The number of nitrogens with zero attached hydrogens (tertiary/aromatic N) is 5. The Morgan fingerprint density at radius 2 is 1.77 bits per heavy atom. The number of nitriles is 1. The topological polar surface area (TPSA) is 87.0 Å². The van der Waals surface area contributed by atoms with E-state index < -0.39 is 11.6 Å². The van der Waals surface area contributed by atoms with Crippen LogP contribution in [0.1, 0.15) is 11.1 Å². The average Bonchev–Trinajstić information content (AvgIpc) is 2.99. The van der Waals surface area contributed by atoms with Gasteiger partial charge >= 0.3 is 0 Å². The Kier molecular flexibility index (Phi) is 6.76. The lowest BCUT2D eigenvalue weighted by atomic mass is 10.0. The third-order valence-corrected chi connectivity index (χ3v) is 6.95. The van der Waals surface area contributed by atoms with E-state index in [1.54, 1.807) is 30.6 Å². The minimum atomic E-state index is -0.724. The van der Waals surface area contributed by atoms with Gasteiger partial charge in [-0.2, -0.15) is 5.26 Å². The number of hydrogen-bond acceptors (Lipinski definition) is 7. The monoisotopic (exact) mass is 534 g/mol. The van der Waals surface area contributed by atoms with Crippen molar-refractivity contribution in [1.29, 1.82) is 5.26 Å². The maximum absolute atomic E-state index is 15.4. The van der Waals surface area contributed by atoms with Crippen molar-refractivity contribution in [3.63, 3.8) is 0 Å². The molecule has 0 unspecified atom stereocenters. The molecule has 1 aliphatic rings. The predicted octanol–water partition coefficient (Wildman–Crippen LogP) is 6.40. The van der Waals surface area contributed by atoms with Crippen molar-refractivity contribution < 1.29 is 13.5 Å². The van der Waals surface area contributed by atoms with Crippen LogP contribution in [0.5, 0.6) is 0 Å². The molecule has 3 aromatic heterocycles. The van der Waals surface area contributed by atoms with E-state index >= 15 is 4.39 Å². The van der Waals surface area contributed by atoms with Gasteiger partial charge in [-0.15, -0.1) is 0 Å². The average molecular weight is 535 g/mol. The molecule has 1 N–H and O–H groups in total. The van der Waals surface area contributed by atoms with Crippen LogP contribution in [0.15, 0.2) is 73.1 Å². The van der Waals surface area contributed by atoms with Crippen LogP contribution >= 0.6 is 0 Å². The molecule has 4 heterocycles. The molecule has 0 aliphatic carbocycles. The lowest BCUT2D eigenvalue weighted by molar-refractivity contribution is 0.122. The molecule has 0 atom stereocenters. The van der Waals surface area contributed by atoms with Gasteiger partial charge < -0.3 is 15.0 Å². The van der Waals surface area contributed by atoms with Crippen LogP contribution in [-0.2, 0) is 4.74 Å². The van der Waals surface area contributed by atoms with Gasteiger partial charge in [0.25, 0.3) is 0 Å². The molecule has 5 aromatic rings. The van der Waals surface area contributed by atoms with Gasteiger partial charge in [-0.25, -0.2) is 13.8 Å². The van der Waals surface area contributed by atoms with Gasteiger partial charge in [0.15, 0.2) is 0 Å². The summed E-state index contributed by atoms with van der Waals surface area (Å²) in [7, 11) is 0. The maximum Gasteiger partial charge on any atom is 0.137 e. The highest BCUT2D eigenvalue weighted by atomic mass is 19.1. The van der Waals surface area contributed by atoms with Crippen LogP contribution in [0.3, 0.4) is 0 Å². The largest absolute Gasteiger partial charge is 0.378 e. The van der Waals surface area contributed by atoms with E-state index in [9.17, 15) is 9.65 Å². The fourth-order valence-corrected chi connectivity index (χ4v) is 4.93.